The van der Waals surface area contributed by atoms with Crippen molar-refractivity contribution < 1.29 is 8.78 Å². The smallest absolute Gasteiger partial charge is 0.263 e. The van der Waals surface area contributed by atoms with Gasteiger partial charge in [-0.2, -0.15) is 0 Å². The zero-order valence-corrected chi connectivity index (χ0v) is 12.8. The molecule has 0 amide bonds. The Hall–Kier alpha value is -1.00. The van der Waals surface area contributed by atoms with E-state index in [-0.39, 0.29) is 5.56 Å². The molecule has 0 atom stereocenters. The van der Waals surface area contributed by atoms with E-state index in [4.69, 9.17) is 5.73 Å². The van der Waals surface area contributed by atoms with Crippen LogP contribution < -0.4 is 5.73 Å². The Morgan fingerprint density at radius 1 is 1.14 bits per heavy atom. The van der Waals surface area contributed by atoms with E-state index in [9.17, 15) is 8.78 Å². The molecule has 0 unspecified atom stereocenters. The Labute approximate surface area is 126 Å². The van der Waals surface area contributed by atoms with Gasteiger partial charge in [-0.1, -0.05) is 31.2 Å². The molecule has 0 spiro atoms. The van der Waals surface area contributed by atoms with Crippen LogP contribution >= 0.6 is 0 Å². The lowest BCUT2D eigenvalue weighted by Gasteiger charge is -2.36. The maximum absolute atomic E-state index is 12.6. The normalized spacial score (nSPS) is 23.0. The van der Waals surface area contributed by atoms with E-state index in [0.29, 0.717) is 12.1 Å². The lowest BCUT2D eigenvalue weighted by Crippen LogP contribution is -2.40. The van der Waals surface area contributed by atoms with Crippen LogP contribution in [0, 0.1) is 0 Å². The zero-order valence-electron chi connectivity index (χ0n) is 12.8. The van der Waals surface area contributed by atoms with Crippen LogP contribution in [0.1, 0.15) is 56.6 Å². The van der Waals surface area contributed by atoms with Crippen molar-refractivity contribution >= 4 is 0 Å². The van der Waals surface area contributed by atoms with Crippen LogP contribution in [0.25, 0.3) is 0 Å². The van der Waals surface area contributed by atoms with Crippen molar-refractivity contribution in [3.05, 3.63) is 35.4 Å². The summed E-state index contributed by atoms with van der Waals surface area (Å²) >= 11 is 0. The largest absolute Gasteiger partial charge is 0.328 e. The number of hydrogen-bond acceptors (Lipinski definition) is 2. The predicted octanol–water partition coefficient (Wildman–Crippen LogP) is 4.11. The van der Waals surface area contributed by atoms with E-state index in [1.807, 2.05) is 12.1 Å². The van der Waals surface area contributed by atoms with Gasteiger partial charge in [-0.3, -0.25) is 4.90 Å². The van der Waals surface area contributed by atoms with Crippen molar-refractivity contribution in [1.29, 1.82) is 0 Å². The second-order valence-electron chi connectivity index (χ2n) is 6.08. The van der Waals surface area contributed by atoms with Crippen molar-refractivity contribution in [2.45, 2.75) is 64.1 Å². The molecule has 1 aliphatic carbocycles. The summed E-state index contributed by atoms with van der Waals surface area (Å²) in [4.78, 5) is 2.49. The fourth-order valence-corrected chi connectivity index (χ4v) is 3.15. The molecule has 0 bridgehead atoms. The average Bonchev–Trinajstić information content (AvgIpc) is 2.48. The standard InChI is InChI=1S/C17H26F2N2/c1-2-11-21(16-9-7-15(20)8-10-16)12-13-3-5-14(6-4-13)17(18)19/h3-6,15-17H,2,7-12,20H2,1H3. The van der Waals surface area contributed by atoms with Crippen molar-refractivity contribution in [3.63, 3.8) is 0 Å². The minimum atomic E-state index is -2.38. The highest BCUT2D eigenvalue weighted by molar-refractivity contribution is 5.23. The Bertz CT molecular complexity index is 411. The van der Waals surface area contributed by atoms with E-state index in [1.165, 1.54) is 0 Å². The number of halogens is 2. The number of rotatable bonds is 6. The van der Waals surface area contributed by atoms with Gasteiger partial charge >= 0.3 is 0 Å². The number of nitrogens with zero attached hydrogens (tertiary/aromatic N) is 1. The summed E-state index contributed by atoms with van der Waals surface area (Å²) < 4.78 is 25.2. The predicted molar refractivity (Wildman–Crippen MR) is 82.3 cm³/mol. The first-order chi connectivity index (χ1) is 10.1. The molecule has 2 nitrogen and oxygen atoms in total. The minimum Gasteiger partial charge on any atom is -0.328 e. The summed E-state index contributed by atoms with van der Waals surface area (Å²) in [5.41, 5.74) is 7.19. The maximum Gasteiger partial charge on any atom is 0.263 e. The number of alkyl halides is 2. The highest BCUT2D eigenvalue weighted by Crippen LogP contribution is 2.25. The Morgan fingerprint density at radius 2 is 1.76 bits per heavy atom. The van der Waals surface area contributed by atoms with Crippen LogP contribution in [0.3, 0.4) is 0 Å². The van der Waals surface area contributed by atoms with Crippen molar-refractivity contribution in [2.24, 2.45) is 5.73 Å². The molecular weight excluding hydrogens is 270 g/mol. The summed E-state index contributed by atoms with van der Waals surface area (Å²) in [5.74, 6) is 0. The van der Waals surface area contributed by atoms with Crippen LogP contribution in [-0.2, 0) is 6.54 Å². The van der Waals surface area contributed by atoms with Crippen LogP contribution in [0.2, 0.25) is 0 Å². The number of nitrogens with two attached hydrogens (primary N) is 1. The van der Waals surface area contributed by atoms with E-state index >= 15 is 0 Å². The lowest BCUT2D eigenvalue weighted by molar-refractivity contribution is 0.141. The van der Waals surface area contributed by atoms with E-state index < -0.39 is 6.43 Å². The third kappa shape index (κ3) is 4.75. The van der Waals surface area contributed by atoms with E-state index in [0.717, 1.165) is 50.8 Å². The Morgan fingerprint density at radius 3 is 2.29 bits per heavy atom. The molecule has 1 fully saturated rings. The summed E-state index contributed by atoms with van der Waals surface area (Å²) in [6, 6.07) is 7.69. The molecule has 4 heteroatoms. The van der Waals surface area contributed by atoms with Crippen molar-refractivity contribution in [3.8, 4) is 0 Å². The fraction of sp³-hybridized carbons (Fsp3) is 0.647. The molecule has 0 aliphatic heterocycles. The van der Waals surface area contributed by atoms with E-state index in [2.05, 4.69) is 11.8 Å². The molecule has 1 aromatic carbocycles. The van der Waals surface area contributed by atoms with Crippen molar-refractivity contribution in [1.82, 2.24) is 4.90 Å². The van der Waals surface area contributed by atoms with Gasteiger partial charge in [0, 0.05) is 24.2 Å². The third-order valence-corrected chi connectivity index (χ3v) is 4.39. The number of hydrogen-bond donors (Lipinski definition) is 1. The van der Waals surface area contributed by atoms with Crippen LogP contribution in [-0.4, -0.2) is 23.5 Å². The molecule has 0 radical (unpaired) electrons. The molecule has 1 aliphatic rings. The SMILES string of the molecule is CCCN(Cc1ccc(C(F)F)cc1)C1CCC(N)CC1. The molecule has 0 heterocycles. The average molecular weight is 296 g/mol. The molecule has 2 N–H and O–H groups in total. The molecule has 118 valence electrons. The van der Waals surface area contributed by atoms with Gasteiger partial charge in [-0.25, -0.2) is 8.78 Å². The molecule has 21 heavy (non-hydrogen) atoms. The molecule has 2 rings (SSSR count). The first-order valence-corrected chi connectivity index (χ1v) is 7.96. The van der Waals surface area contributed by atoms with Gasteiger partial charge in [-0.05, 0) is 44.2 Å². The third-order valence-electron chi connectivity index (χ3n) is 4.39. The van der Waals surface area contributed by atoms with Gasteiger partial charge in [0.15, 0.2) is 0 Å². The quantitative estimate of drug-likeness (QED) is 0.856. The highest BCUT2D eigenvalue weighted by atomic mass is 19.3. The van der Waals surface area contributed by atoms with Crippen molar-refractivity contribution in [2.75, 3.05) is 6.54 Å². The minimum absolute atomic E-state index is 0.101. The number of benzene rings is 1. The first kappa shape index (κ1) is 16.4. The summed E-state index contributed by atoms with van der Waals surface area (Å²) in [6.07, 6.45) is 3.21. The molecular formula is C17H26F2N2. The molecule has 0 aromatic heterocycles. The van der Waals surface area contributed by atoms with Gasteiger partial charge in [0.05, 0.1) is 0 Å². The second kappa shape index (κ2) is 7.85. The maximum atomic E-state index is 12.6. The van der Waals surface area contributed by atoms with Gasteiger partial charge in [-0.15, -0.1) is 0 Å². The fourth-order valence-electron chi connectivity index (χ4n) is 3.15. The lowest BCUT2D eigenvalue weighted by atomic mass is 9.90. The van der Waals surface area contributed by atoms with Crippen LogP contribution in [0.4, 0.5) is 8.78 Å². The molecule has 0 saturated heterocycles. The Balaban J connectivity index is 1.98. The summed E-state index contributed by atoms with van der Waals surface area (Å²) in [7, 11) is 0. The zero-order chi connectivity index (χ0) is 15.2. The topological polar surface area (TPSA) is 29.3 Å². The Kier molecular flexibility index (Phi) is 6.12. The second-order valence-corrected chi connectivity index (χ2v) is 6.08. The molecule has 1 aromatic rings. The van der Waals surface area contributed by atoms with Gasteiger partial charge in [0.1, 0.15) is 0 Å². The summed E-state index contributed by atoms with van der Waals surface area (Å²) in [5, 5.41) is 0. The van der Waals surface area contributed by atoms with Gasteiger partial charge < -0.3 is 5.73 Å². The van der Waals surface area contributed by atoms with E-state index in [1.54, 1.807) is 12.1 Å². The van der Waals surface area contributed by atoms with Crippen LogP contribution in [0.15, 0.2) is 24.3 Å². The highest BCUT2D eigenvalue weighted by Gasteiger charge is 2.23. The monoisotopic (exact) mass is 296 g/mol. The molecule has 1 saturated carbocycles. The van der Waals surface area contributed by atoms with Gasteiger partial charge in [0.2, 0.25) is 0 Å². The van der Waals surface area contributed by atoms with Crippen LogP contribution in [0.5, 0.6) is 0 Å². The van der Waals surface area contributed by atoms with Gasteiger partial charge in [0.25, 0.3) is 6.43 Å². The first-order valence-electron chi connectivity index (χ1n) is 7.96. The summed E-state index contributed by atoms with van der Waals surface area (Å²) in [6.45, 7) is 4.08.